The topological polar surface area (TPSA) is 69.6 Å². The summed E-state index contributed by atoms with van der Waals surface area (Å²) in [5.74, 6) is 0.273. The molecule has 2 aliphatic heterocycles. The summed E-state index contributed by atoms with van der Waals surface area (Å²) in [7, 11) is -3.41. The Labute approximate surface area is 126 Å². The highest BCUT2D eigenvalue weighted by molar-refractivity contribution is 7.89. The summed E-state index contributed by atoms with van der Waals surface area (Å²) >= 11 is 0. The minimum Gasteiger partial charge on any atom is -0.396 e. The van der Waals surface area contributed by atoms with Crippen molar-refractivity contribution in [3.63, 3.8) is 0 Å². The maximum Gasteiger partial charge on any atom is 0.243 e. The molecule has 2 aliphatic rings. The summed E-state index contributed by atoms with van der Waals surface area (Å²) in [6.07, 6.45) is 3.43. The molecule has 1 atom stereocenters. The van der Waals surface area contributed by atoms with Crippen molar-refractivity contribution in [3.8, 4) is 0 Å². The molecular formula is C15H22N2O3S. The number of nitrogens with zero attached hydrogens (tertiary/aromatic N) is 1. The number of piperidine rings is 1. The van der Waals surface area contributed by atoms with Gasteiger partial charge in [0.15, 0.2) is 0 Å². The van der Waals surface area contributed by atoms with Gasteiger partial charge in [-0.3, -0.25) is 0 Å². The largest absolute Gasteiger partial charge is 0.396 e. The van der Waals surface area contributed by atoms with Crippen LogP contribution in [0.3, 0.4) is 0 Å². The van der Waals surface area contributed by atoms with Gasteiger partial charge in [0, 0.05) is 31.9 Å². The van der Waals surface area contributed by atoms with Crippen LogP contribution in [-0.4, -0.2) is 44.1 Å². The summed E-state index contributed by atoms with van der Waals surface area (Å²) in [6, 6.07) is 5.37. The van der Waals surface area contributed by atoms with Crippen molar-refractivity contribution in [1.29, 1.82) is 0 Å². The van der Waals surface area contributed by atoms with Crippen molar-refractivity contribution < 1.29 is 13.5 Å². The van der Waals surface area contributed by atoms with Gasteiger partial charge in [0.2, 0.25) is 10.0 Å². The lowest BCUT2D eigenvalue weighted by Crippen LogP contribution is -2.40. The maximum absolute atomic E-state index is 12.8. The van der Waals surface area contributed by atoms with Crippen molar-refractivity contribution in [2.24, 2.45) is 5.92 Å². The predicted octanol–water partition coefficient (Wildman–Crippen LogP) is 1.44. The highest BCUT2D eigenvalue weighted by Gasteiger charge is 2.30. The van der Waals surface area contributed by atoms with E-state index < -0.39 is 10.0 Å². The first-order valence-corrected chi connectivity index (χ1v) is 9.03. The molecule has 2 N–H and O–H groups in total. The third-order valence-electron chi connectivity index (χ3n) is 4.44. The number of aliphatic hydroxyl groups excluding tert-OH is 1. The van der Waals surface area contributed by atoms with Crippen LogP contribution in [0.5, 0.6) is 0 Å². The number of hydrogen-bond donors (Lipinski definition) is 2. The van der Waals surface area contributed by atoms with Gasteiger partial charge in [-0.2, -0.15) is 4.31 Å². The molecule has 1 aromatic rings. The SMILES string of the molecule is O=S(=O)(c1ccc2c(c1)CCN2)N1CCCC(CCO)C1. The molecule has 0 spiro atoms. The second kappa shape index (κ2) is 5.94. The lowest BCUT2D eigenvalue weighted by Gasteiger charge is -2.31. The molecule has 5 nitrogen and oxygen atoms in total. The summed E-state index contributed by atoms with van der Waals surface area (Å²) < 4.78 is 27.1. The zero-order valence-electron chi connectivity index (χ0n) is 12.1. The fourth-order valence-corrected chi connectivity index (χ4v) is 4.86. The van der Waals surface area contributed by atoms with E-state index in [-0.39, 0.29) is 12.5 Å². The van der Waals surface area contributed by atoms with Crippen LogP contribution in [0.25, 0.3) is 0 Å². The fourth-order valence-electron chi connectivity index (χ4n) is 3.25. The average Bonchev–Trinajstić information content (AvgIpc) is 2.95. The fraction of sp³-hybridized carbons (Fsp3) is 0.600. The number of aliphatic hydroxyl groups is 1. The molecule has 1 saturated heterocycles. The van der Waals surface area contributed by atoms with E-state index in [1.54, 1.807) is 16.4 Å². The molecule has 0 radical (unpaired) electrons. The highest BCUT2D eigenvalue weighted by Crippen LogP contribution is 2.29. The van der Waals surface area contributed by atoms with Crippen LogP contribution in [0.2, 0.25) is 0 Å². The van der Waals surface area contributed by atoms with E-state index in [1.165, 1.54) is 0 Å². The molecule has 1 fully saturated rings. The van der Waals surface area contributed by atoms with Gasteiger partial charge >= 0.3 is 0 Å². The first-order valence-electron chi connectivity index (χ1n) is 7.59. The smallest absolute Gasteiger partial charge is 0.243 e. The zero-order chi connectivity index (χ0) is 14.9. The number of fused-ring (bicyclic) bond motifs is 1. The molecule has 1 unspecified atom stereocenters. The molecule has 0 aromatic heterocycles. The van der Waals surface area contributed by atoms with E-state index in [0.717, 1.165) is 37.1 Å². The Morgan fingerprint density at radius 1 is 1.38 bits per heavy atom. The standard InChI is InChI=1S/C15H22N2O3S/c18-9-6-12-2-1-8-17(11-12)21(19,20)14-3-4-15-13(10-14)5-7-16-15/h3-4,10,12,16,18H,1-2,5-9,11H2. The van der Waals surface area contributed by atoms with Crippen LogP contribution in [0, 0.1) is 5.92 Å². The van der Waals surface area contributed by atoms with Gasteiger partial charge in [-0.1, -0.05) is 0 Å². The molecule has 0 saturated carbocycles. The number of benzene rings is 1. The van der Waals surface area contributed by atoms with E-state index in [4.69, 9.17) is 5.11 Å². The molecular weight excluding hydrogens is 288 g/mol. The second-order valence-electron chi connectivity index (χ2n) is 5.88. The van der Waals surface area contributed by atoms with Crippen molar-refractivity contribution in [3.05, 3.63) is 23.8 Å². The summed E-state index contributed by atoms with van der Waals surface area (Å²) in [4.78, 5) is 0.398. The Morgan fingerprint density at radius 2 is 2.24 bits per heavy atom. The normalized spacial score (nSPS) is 22.8. The first-order chi connectivity index (χ1) is 10.1. The van der Waals surface area contributed by atoms with Crippen molar-refractivity contribution in [2.75, 3.05) is 31.6 Å². The number of anilines is 1. The minimum atomic E-state index is -3.41. The lowest BCUT2D eigenvalue weighted by molar-refractivity contribution is 0.203. The van der Waals surface area contributed by atoms with Gasteiger partial charge in [-0.15, -0.1) is 0 Å². The number of hydrogen-bond acceptors (Lipinski definition) is 4. The Hall–Kier alpha value is -1.11. The first kappa shape index (κ1) is 14.8. The molecule has 2 heterocycles. The van der Waals surface area contributed by atoms with Crippen molar-refractivity contribution in [2.45, 2.75) is 30.6 Å². The maximum atomic E-state index is 12.8. The Morgan fingerprint density at radius 3 is 3.05 bits per heavy atom. The van der Waals surface area contributed by atoms with E-state index in [2.05, 4.69) is 5.32 Å². The van der Waals surface area contributed by atoms with Gasteiger partial charge in [0.25, 0.3) is 0 Å². The van der Waals surface area contributed by atoms with E-state index >= 15 is 0 Å². The monoisotopic (exact) mass is 310 g/mol. The van der Waals surface area contributed by atoms with Gasteiger partial charge in [0.05, 0.1) is 4.90 Å². The van der Waals surface area contributed by atoms with E-state index in [9.17, 15) is 8.42 Å². The third-order valence-corrected chi connectivity index (χ3v) is 6.30. The van der Waals surface area contributed by atoms with Gasteiger partial charge < -0.3 is 10.4 Å². The molecule has 1 aromatic carbocycles. The van der Waals surface area contributed by atoms with Gasteiger partial charge in [-0.25, -0.2) is 8.42 Å². The molecule has 6 heteroatoms. The predicted molar refractivity (Wildman–Crippen MR) is 81.8 cm³/mol. The third kappa shape index (κ3) is 2.93. The number of rotatable bonds is 4. The zero-order valence-corrected chi connectivity index (χ0v) is 12.9. The summed E-state index contributed by atoms with van der Waals surface area (Å²) in [5, 5.41) is 12.3. The Kier molecular flexibility index (Phi) is 4.19. The second-order valence-corrected chi connectivity index (χ2v) is 7.82. The summed E-state index contributed by atoms with van der Waals surface area (Å²) in [5.41, 5.74) is 2.13. The average molecular weight is 310 g/mol. The lowest BCUT2D eigenvalue weighted by atomic mass is 9.97. The van der Waals surface area contributed by atoms with Crippen LogP contribution in [0.15, 0.2) is 23.1 Å². The number of sulfonamides is 1. The van der Waals surface area contributed by atoms with Crippen LogP contribution in [0.4, 0.5) is 5.69 Å². The summed E-state index contributed by atoms with van der Waals surface area (Å²) in [6.45, 7) is 2.11. The minimum absolute atomic E-state index is 0.128. The molecule has 3 rings (SSSR count). The molecule has 21 heavy (non-hydrogen) atoms. The van der Waals surface area contributed by atoms with Gasteiger partial charge in [0.1, 0.15) is 0 Å². The quantitative estimate of drug-likeness (QED) is 0.883. The molecule has 116 valence electrons. The van der Waals surface area contributed by atoms with Crippen LogP contribution in [0.1, 0.15) is 24.8 Å². The number of nitrogens with one attached hydrogen (secondary N) is 1. The Bertz CT molecular complexity index is 613. The van der Waals surface area contributed by atoms with E-state index in [1.807, 2.05) is 6.07 Å². The molecule has 0 aliphatic carbocycles. The molecule has 0 amide bonds. The van der Waals surface area contributed by atoms with Crippen molar-refractivity contribution in [1.82, 2.24) is 4.31 Å². The van der Waals surface area contributed by atoms with Crippen LogP contribution < -0.4 is 5.32 Å². The Balaban J connectivity index is 1.83. The molecule has 0 bridgehead atoms. The van der Waals surface area contributed by atoms with Gasteiger partial charge in [-0.05, 0) is 55.4 Å². The highest BCUT2D eigenvalue weighted by atomic mass is 32.2. The van der Waals surface area contributed by atoms with Crippen molar-refractivity contribution >= 4 is 15.7 Å². The van der Waals surface area contributed by atoms with Crippen LogP contribution in [-0.2, 0) is 16.4 Å². The van der Waals surface area contributed by atoms with Crippen LogP contribution >= 0.6 is 0 Å². The van der Waals surface area contributed by atoms with E-state index in [0.29, 0.717) is 24.4 Å².